The van der Waals surface area contributed by atoms with Crippen LogP contribution in [0.15, 0.2) is 0 Å². The average molecular weight is 291 g/mol. The molecule has 7 heteroatoms. The van der Waals surface area contributed by atoms with Crippen molar-refractivity contribution in [1.29, 1.82) is 0 Å². The van der Waals surface area contributed by atoms with E-state index < -0.39 is 10.0 Å². The second kappa shape index (κ2) is 7.09. The molecule has 112 valence electrons. The number of hydrogen-bond acceptors (Lipinski definition) is 3. The van der Waals surface area contributed by atoms with Crippen molar-refractivity contribution < 1.29 is 13.2 Å². The van der Waals surface area contributed by atoms with Gasteiger partial charge in [-0.25, -0.2) is 17.5 Å². The van der Waals surface area contributed by atoms with Gasteiger partial charge in [0.1, 0.15) is 0 Å². The maximum atomic E-state index is 11.7. The Bertz CT molecular complexity index is 395. The Morgan fingerprint density at radius 2 is 2.11 bits per heavy atom. The number of nitrogens with one attached hydrogen (secondary N) is 2. The van der Waals surface area contributed by atoms with Gasteiger partial charge < -0.3 is 10.6 Å². The van der Waals surface area contributed by atoms with Gasteiger partial charge in [-0.05, 0) is 25.2 Å². The van der Waals surface area contributed by atoms with Crippen LogP contribution in [0.3, 0.4) is 0 Å². The van der Waals surface area contributed by atoms with Gasteiger partial charge in [-0.1, -0.05) is 13.8 Å². The van der Waals surface area contributed by atoms with E-state index in [-0.39, 0.29) is 12.1 Å². The minimum Gasteiger partial charge on any atom is -0.338 e. The van der Waals surface area contributed by atoms with Crippen molar-refractivity contribution in [2.24, 2.45) is 5.92 Å². The van der Waals surface area contributed by atoms with Crippen LogP contribution in [-0.2, 0) is 10.0 Å². The fourth-order valence-electron chi connectivity index (χ4n) is 2.07. The van der Waals surface area contributed by atoms with Crippen LogP contribution in [0.25, 0.3) is 0 Å². The highest BCUT2D eigenvalue weighted by Gasteiger charge is 2.26. The lowest BCUT2D eigenvalue weighted by Crippen LogP contribution is -2.51. The van der Waals surface area contributed by atoms with E-state index in [1.54, 1.807) is 0 Å². The van der Waals surface area contributed by atoms with E-state index in [1.165, 1.54) is 10.6 Å². The van der Waals surface area contributed by atoms with Gasteiger partial charge in [-0.3, -0.25) is 0 Å². The van der Waals surface area contributed by atoms with Crippen molar-refractivity contribution >= 4 is 16.1 Å². The number of piperidine rings is 1. The molecular weight excluding hydrogens is 266 g/mol. The van der Waals surface area contributed by atoms with Gasteiger partial charge in [0.2, 0.25) is 10.0 Å². The van der Waals surface area contributed by atoms with Crippen molar-refractivity contribution in [1.82, 2.24) is 14.9 Å². The molecule has 1 aliphatic heterocycles. The fraction of sp³-hybridized carbons (Fsp3) is 0.917. The minimum absolute atomic E-state index is 0.0949. The van der Waals surface area contributed by atoms with Crippen LogP contribution >= 0.6 is 0 Å². The monoisotopic (exact) mass is 291 g/mol. The van der Waals surface area contributed by atoms with Gasteiger partial charge in [-0.2, -0.15) is 0 Å². The molecule has 2 amide bonds. The van der Waals surface area contributed by atoms with Crippen LogP contribution in [-0.4, -0.2) is 50.7 Å². The molecule has 0 aromatic rings. The van der Waals surface area contributed by atoms with Crippen LogP contribution in [0.4, 0.5) is 4.79 Å². The van der Waals surface area contributed by atoms with Crippen molar-refractivity contribution in [3.8, 4) is 0 Å². The lowest BCUT2D eigenvalue weighted by atomic mass is 10.1. The van der Waals surface area contributed by atoms with Gasteiger partial charge in [-0.15, -0.1) is 0 Å². The second-order valence-corrected chi connectivity index (χ2v) is 7.53. The van der Waals surface area contributed by atoms with Crippen molar-refractivity contribution in [3.63, 3.8) is 0 Å². The summed E-state index contributed by atoms with van der Waals surface area (Å²) >= 11 is 0. The lowest BCUT2D eigenvalue weighted by molar-refractivity contribution is 0.225. The predicted octanol–water partition coefficient (Wildman–Crippen LogP) is 0.756. The largest absolute Gasteiger partial charge is 0.338 e. The van der Waals surface area contributed by atoms with E-state index in [4.69, 9.17) is 0 Å². The number of urea groups is 1. The quantitative estimate of drug-likeness (QED) is 0.785. The Labute approximate surface area is 116 Å². The maximum Gasteiger partial charge on any atom is 0.315 e. The van der Waals surface area contributed by atoms with Crippen molar-refractivity contribution in [2.75, 3.05) is 25.9 Å². The molecule has 6 nitrogen and oxygen atoms in total. The second-order valence-electron chi connectivity index (χ2n) is 5.54. The molecule has 2 N–H and O–H groups in total. The Balaban J connectivity index is 2.34. The van der Waals surface area contributed by atoms with Crippen LogP contribution in [0.5, 0.6) is 0 Å². The molecule has 0 spiro atoms. The Hall–Kier alpha value is -0.820. The van der Waals surface area contributed by atoms with Gasteiger partial charge in [0.15, 0.2) is 0 Å². The first-order valence-electron chi connectivity index (χ1n) is 6.78. The summed E-state index contributed by atoms with van der Waals surface area (Å²) in [6, 6.07) is -0.302. The Kier molecular flexibility index (Phi) is 6.06. The number of carbonyl (C=O) groups excluding carboxylic acids is 1. The van der Waals surface area contributed by atoms with E-state index in [1.807, 2.05) is 0 Å². The third-order valence-corrected chi connectivity index (χ3v) is 4.47. The average Bonchev–Trinajstić information content (AvgIpc) is 2.27. The van der Waals surface area contributed by atoms with E-state index in [0.29, 0.717) is 25.6 Å². The molecule has 1 atom stereocenters. The van der Waals surface area contributed by atoms with Crippen LogP contribution < -0.4 is 10.6 Å². The molecule has 0 aromatic heterocycles. The molecule has 0 aromatic carbocycles. The zero-order valence-electron chi connectivity index (χ0n) is 12.0. The van der Waals surface area contributed by atoms with Gasteiger partial charge in [0, 0.05) is 25.7 Å². The molecule has 0 saturated carbocycles. The molecule has 1 fully saturated rings. The van der Waals surface area contributed by atoms with Crippen LogP contribution in [0.1, 0.15) is 33.1 Å². The third-order valence-electron chi connectivity index (χ3n) is 3.20. The van der Waals surface area contributed by atoms with E-state index >= 15 is 0 Å². The molecule has 1 unspecified atom stereocenters. The van der Waals surface area contributed by atoms with E-state index in [0.717, 1.165) is 19.3 Å². The van der Waals surface area contributed by atoms with Gasteiger partial charge in [0.25, 0.3) is 0 Å². The summed E-state index contributed by atoms with van der Waals surface area (Å²) in [4.78, 5) is 11.7. The molecule has 0 bridgehead atoms. The summed E-state index contributed by atoms with van der Waals surface area (Å²) in [6.07, 6.45) is 3.75. The zero-order valence-corrected chi connectivity index (χ0v) is 12.8. The first-order chi connectivity index (χ1) is 8.79. The van der Waals surface area contributed by atoms with E-state index in [9.17, 15) is 13.2 Å². The number of sulfonamides is 1. The number of carbonyl (C=O) groups is 1. The molecule has 0 aliphatic carbocycles. The maximum absolute atomic E-state index is 11.7. The summed E-state index contributed by atoms with van der Waals surface area (Å²) < 4.78 is 24.4. The highest BCUT2D eigenvalue weighted by atomic mass is 32.2. The molecule has 1 rings (SSSR count). The smallest absolute Gasteiger partial charge is 0.315 e. The molecular formula is C12H25N3O3S. The number of hydrogen-bond donors (Lipinski definition) is 2. The summed E-state index contributed by atoms with van der Waals surface area (Å²) in [5.74, 6) is 0.552. The first-order valence-corrected chi connectivity index (χ1v) is 8.63. The molecule has 0 radical (unpaired) electrons. The van der Waals surface area contributed by atoms with Crippen LogP contribution in [0.2, 0.25) is 0 Å². The topological polar surface area (TPSA) is 78.5 Å². The fourth-order valence-corrected chi connectivity index (χ4v) is 2.98. The lowest BCUT2D eigenvalue weighted by Gasteiger charge is -2.31. The number of amides is 2. The van der Waals surface area contributed by atoms with Crippen molar-refractivity contribution in [3.05, 3.63) is 0 Å². The highest BCUT2D eigenvalue weighted by Crippen LogP contribution is 2.12. The summed E-state index contributed by atoms with van der Waals surface area (Å²) in [5.41, 5.74) is 0. The Morgan fingerprint density at radius 1 is 1.42 bits per heavy atom. The minimum atomic E-state index is -3.16. The van der Waals surface area contributed by atoms with Gasteiger partial charge >= 0.3 is 6.03 Å². The van der Waals surface area contributed by atoms with Crippen molar-refractivity contribution in [2.45, 2.75) is 39.2 Å². The number of nitrogens with zero attached hydrogens (tertiary/aromatic N) is 1. The first kappa shape index (κ1) is 16.2. The summed E-state index contributed by atoms with van der Waals surface area (Å²) in [7, 11) is -3.16. The third kappa shape index (κ3) is 6.24. The standard InChI is InChI=1S/C12H25N3O3S/c1-10(2)6-7-13-12(16)14-11-5-4-8-15(9-11)19(3,17)18/h10-11H,4-9H2,1-3H3,(H2,13,14,16). The van der Waals surface area contributed by atoms with Crippen LogP contribution in [0, 0.1) is 5.92 Å². The molecule has 1 saturated heterocycles. The summed E-state index contributed by atoms with van der Waals surface area (Å²) in [5, 5.41) is 5.64. The van der Waals surface area contributed by atoms with Gasteiger partial charge in [0.05, 0.1) is 6.26 Å². The Morgan fingerprint density at radius 3 is 2.68 bits per heavy atom. The zero-order chi connectivity index (χ0) is 14.5. The SMILES string of the molecule is CC(C)CCNC(=O)NC1CCCN(S(C)(=O)=O)C1. The highest BCUT2D eigenvalue weighted by molar-refractivity contribution is 7.88. The molecule has 19 heavy (non-hydrogen) atoms. The predicted molar refractivity (Wildman–Crippen MR) is 75.4 cm³/mol. The number of rotatable bonds is 5. The summed E-state index contributed by atoms with van der Waals surface area (Å²) in [6.45, 7) is 5.77. The normalized spacial score (nSPS) is 21.4. The van der Waals surface area contributed by atoms with E-state index in [2.05, 4.69) is 24.5 Å². The molecule has 1 heterocycles. The molecule has 1 aliphatic rings.